The summed E-state index contributed by atoms with van der Waals surface area (Å²) < 4.78 is 1.73. The van der Waals surface area contributed by atoms with Gasteiger partial charge < -0.3 is 20.1 Å². The Hall–Kier alpha value is -3.16. The molecule has 0 radical (unpaired) electrons. The summed E-state index contributed by atoms with van der Waals surface area (Å²) in [7, 11) is 0. The number of pyridine rings is 2. The van der Waals surface area contributed by atoms with Crippen molar-refractivity contribution < 1.29 is 9.59 Å². The minimum atomic E-state index is -0.394. The summed E-state index contributed by atoms with van der Waals surface area (Å²) in [6.07, 6.45) is 2.62. The highest BCUT2D eigenvalue weighted by Crippen LogP contribution is 2.35. The molecule has 8 nitrogen and oxygen atoms in total. The zero-order valence-corrected chi connectivity index (χ0v) is 17.3. The molecule has 2 atom stereocenters. The Morgan fingerprint density at radius 2 is 2.00 bits per heavy atom. The van der Waals surface area contributed by atoms with Gasteiger partial charge in [0.1, 0.15) is 5.56 Å². The van der Waals surface area contributed by atoms with Gasteiger partial charge in [0, 0.05) is 43.5 Å². The van der Waals surface area contributed by atoms with Crippen LogP contribution < -0.4 is 16.2 Å². The van der Waals surface area contributed by atoms with E-state index in [4.69, 9.17) is 0 Å². The summed E-state index contributed by atoms with van der Waals surface area (Å²) in [4.78, 5) is 44.1. The van der Waals surface area contributed by atoms with Gasteiger partial charge in [-0.25, -0.2) is 4.79 Å². The number of fused-ring (bicyclic) bond motifs is 4. The maximum Gasteiger partial charge on any atom is 0.317 e. The molecule has 30 heavy (non-hydrogen) atoms. The van der Waals surface area contributed by atoms with Crippen molar-refractivity contribution in [2.45, 2.75) is 45.3 Å². The Labute approximate surface area is 175 Å². The summed E-state index contributed by atoms with van der Waals surface area (Å²) in [5.41, 5.74) is 1.52. The lowest BCUT2D eigenvalue weighted by Gasteiger charge is -2.43. The van der Waals surface area contributed by atoms with E-state index in [2.05, 4.69) is 15.6 Å². The van der Waals surface area contributed by atoms with Crippen molar-refractivity contribution in [3.05, 3.63) is 63.8 Å². The van der Waals surface area contributed by atoms with Gasteiger partial charge in [-0.1, -0.05) is 6.07 Å². The molecule has 2 aromatic rings. The van der Waals surface area contributed by atoms with Crippen molar-refractivity contribution >= 4 is 11.9 Å². The van der Waals surface area contributed by atoms with E-state index in [-0.39, 0.29) is 41.6 Å². The monoisotopic (exact) mass is 409 g/mol. The van der Waals surface area contributed by atoms with Gasteiger partial charge in [-0.3, -0.25) is 14.6 Å². The van der Waals surface area contributed by atoms with E-state index in [1.165, 1.54) is 0 Å². The molecule has 4 heterocycles. The molecular formula is C22H27N5O3. The molecular weight excluding hydrogens is 382 g/mol. The zero-order chi connectivity index (χ0) is 21.3. The first-order chi connectivity index (χ1) is 14.4. The SMILES string of the molecule is CC(C)NC(=O)N1C[C@@H]2C[C@H](C1)c1ccc(C(=O)NCc3ccccn3)c(=O)n1C2. The molecule has 0 aromatic carbocycles. The van der Waals surface area contributed by atoms with Crippen molar-refractivity contribution in [3.63, 3.8) is 0 Å². The number of likely N-dealkylation sites (tertiary alicyclic amines) is 1. The van der Waals surface area contributed by atoms with E-state index < -0.39 is 5.91 Å². The van der Waals surface area contributed by atoms with Crippen LogP contribution in [0, 0.1) is 5.92 Å². The predicted octanol–water partition coefficient (Wildman–Crippen LogP) is 1.71. The van der Waals surface area contributed by atoms with Gasteiger partial charge in [0.25, 0.3) is 11.5 Å². The van der Waals surface area contributed by atoms with Gasteiger partial charge >= 0.3 is 6.03 Å². The fraction of sp³-hybridized carbons (Fsp3) is 0.455. The summed E-state index contributed by atoms with van der Waals surface area (Å²) in [6.45, 7) is 5.89. The third-order valence-corrected chi connectivity index (χ3v) is 5.70. The van der Waals surface area contributed by atoms with Crippen LogP contribution in [0.5, 0.6) is 0 Å². The first-order valence-electron chi connectivity index (χ1n) is 10.4. The number of carbonyl (C=O) groups excluding carboxylic acids is 2. The van der Waals surface area contributed by atoms with Crippen LogP contribution in [0.1, 0.15) is 47.9 Å². The topological polar surface area (TPSA) is 96.3 Å². The molecule has 2 aromatic heterocycles. The Bertz CT molecular complexity index is 1000. The third kappa shape index (κ3) is 4.08. The average Bonchev–Trinajstić information content (AvgIpc) is 2.73. The van der Waals surface area contributed by atoms with E-state index in [0.29, 0.717) is 19.6 Å². The predicted molar refractivity (Wildman–Crippen MR) is 112 cm³/mol. The molecule has 4 rings (SSSR count). The fourth-order valence-corrected chi connectivity index (χ4v) is 4.39. The zero-order valence-electron chi connectivity index (χ0n) is 17.3. The van der Waals surface area contributed by atoms with Crippen LogP contribution in [0.3, 0.4) is 0 Å². The number of hydrogen-bond donors (Lipinski definition) is 2. The van der Waals surface area contributed by atoms with Crippen LogP contribution in [0.2, 0.25) is 0 Å². The van der Waals surface area contributed by atoms with Crippen molar-refractivity contribution in [2.75, 3.05) is 13.1 Å². The van der Waals surface area contributed by atoms with Crippen LogP contribution >= 0.6 is 0 Å². The van der Waals surface area contributed by atoms with E-state index in [0.717, 1.165) is 17.8 Å². The molecule has 2 bridgehead atoms. The van der Waals surface area contributed by atoms with Crippen LogP contribution in [-0.2, 0) is 13.1 Å². The summed E-state index contributed by atoms with van der Waals surface area (Å²) in [5, 5.41) is 5.73. The van der Waals surface area contributed by atoms with Gasteiger partial charge in [-0.2, -0.15) is 0 Å². The highest BCUT2D eigenvalue weighted by molar-refractivity contribution is 5.93. The lowest BCUT2D eigenvalue weighted by molar-refractivity contribution is 0.0946. The first kappa shape index (κ1) is 20.1. The number of piperidine rings is 1. The number of nitrogens with one attached hydrogen (secondary N) is 2. The maximum atomic E-state index is 13.1. The maximum absolute atomic E-state index is 13.1. The average molecular weight is 409 g/mol. The lowest BCUT2D eigenvalue weighted by atomic mass is 9.83. The molecule has 2 N–H and O–H groups in total. The molecule has 0 aliphatic carbocycles. The Morgan fingerprint density at radius 1 is 1.17 bits per heavy atom. The van der Waals surface area contributed by atoms with Crippen LogP contribution in [0.15, 0.2) is 41.3 Å². The Balaban J connectivity index is 1.51. The summed E-state index contributed by atoms with van der Waals surface area (Å²) >= 11 is 0. The van der Waals surface area contributed by atoms with E-state index >= 15 is 0 Å². The molecule has 0 saturated carbocycles. The summed E-state index contributed by atoms with van der Waals surface area (Å²) in [6, 6.07) is 8.99. The van der Waals surface area contributed by atoms with Crippen LogP contribution in [-0.4, -0.2) is 45.5 Å². The van der Waals surface area contributed by atoms with Crippen molar-refractivity contribution in [3.8, 4) is 0 Å². The quantitative estimate of drug-likeness (QED) is 0.804. The van der Waals surface area contributed by atoms with Crippen LogP contribution in [0.25, 0.3) is 0 Å². The lowest BCUT2D eigenvalue weighted by Crippen LogP contribution is -2.53. The van der Waals surface area contributed by atoms with Crippen molar-refractivity contribution in [1.82, 2.24) is 25.1 Å². The second-order valence-corrected chi connectivity index (χ2v) is 8.40. The second kappa shape index (κ2) is 8.30. The second-order valence-electron chi connectivity index (χ2n) is 8.40. The molecule has 3 amide bonds. The number of urea groups is 1. The molecule has 2 aliphatic rings. The van der Waals surface area contributed by atoms with Gasteiger partial charge in [-0.15, -0.1) is 0 Å². The van der Waals surface area contributed by atoms with E-state index in [1.807, 2.05) is 43.0 Å². The highest BCUT2D eigenvalue weighted by atomic mass is 16.2. The van der Waals surface area contributed by atoms with Gasteiger partial charge in [0.15, 0.2) is 0 Å². The molecule has 8 heteroatoms. The van der Waals surface area contributed by atoms with Gasteiger partial charge in [-0.05, 0) is 50.5 Å². The fourth-order valence-electron chi connectivity index (χ4n) is 4.39. The molecule has 1 fully saturated rings. The number of amides is 3. The number of hydrogen-bond acceptors (Lipinski definition) is 4. The number of nitrogens with zero attached hydrogens (tertiary/aromatic N) is 3. The standard InChI is InChI=1S/C22H27N5O3/c1-14(2)25-22(30)26-11-15-9-16(13-26)19-7-6-18(21(29)27(19)12-15)20(28)24-10-17-5-3-4-8-23-17/h3-8,14-16H,9-13H2,1-2H3,(H,24,28)(H,25,30)/t15-,16+/m0/s1. The minimum Gasteiger partial charge on any atom is -0.346 e. The first-order valence-corrected chi connectivity index (χ1v) is 10.4. The smallest absolute Gasteiger partial charge is 0.317 e. The minimum absolute atomic E-state index is 0.0546. The largest absolute Gasteiger partial charge is 0.346 e. The Morgan fingerprint density at radius 3 is 2.73 bits per heavy atom. The van der Waals surface area contributed by atoms with Crippen molar-refractivity contribution in [2.24, 2.45) is 5.92 Å². The third-order valence-electron chi connectivity index (χ3n) is 5.70. The Kier molecular flexibility index (Phi) is 5.57. The molecule has 158 valence electrons. The summed E-state index contributed by atoms with van der Waals surface area (Å²) in [5.74, 6) is -0.0814. The van der Waals surface area contributed by atoms with Crippen molar-refractivity contribution in [1.29, 1.82) is 0 Å². The van der Waals surface area contributed by atoms with E-state index in [1.54, 1.807) is 16.8 Å². The molecule has 0 spiro atoms. The van der Waals surface area contributed by atoms with Gasteiger partial charge in [0.2, 0.25) is 0 Å². The molecule has 1 saturated heterocycles. The molecule has 2 aliphatic heterocycles. The van der Waals surface area contributed by atoms with E-state index in [9.17, 15) is 14.4 Å². The normalized spacial score (nSPS) is 19.9. The van der Waals surface area contributed by atoms with Gasteiger partial charge in [0.05, 0.1) is 12.2 Å². The number of carbonyl (C=O) groups is 2. The number of rotatable bonds is 4. The number of aromatic nitrogens is 2. The van der Waals surface area contributed by atoms with Crippen LogP contribution in [0.4, 0.5) is 4.79 Å². The molecule has 0 unspecified atom stereocenters. The highest BCUT2D eigenvalue weighted by Gasteiger charge is 2.37.